The Morgan fingerprint density at radius 3 is 2.37 bits per heavy atom. The summed E-state index contributed by atoms with van der Waals surface area (Å²) < 4.78 is 29.7. The highest BCUT2D eigenvalue weighted by Gasteiger charge is 2.28. The van der Waals surface area contributed by atoms with E-state index in [1.54, 1.807) is 29.1 Å². The number of amides is 1. The highest BCUT2D eigenvalue weighted by Crippen LogP contribution is 2.26. The summed E-state index contributed by atoms with van der Waals surface area (Å²) >= 11 is 0. The Balaban J connectivity index is 1.56. The number of sulfonamides is 1. The minimum absolute atomic E-state index is 0.0491. The Hall–Kier alpha value is -3.01. The normalized spacial score (nSPS) is 15.5. The highest BCUT2D eigenvalue weighted by molar-refractivity contribution is 7.89. The van der Waals surface area contributed by atoms with E-state index in [1.165, 1.54) is 10.4 Å². The van der Waals surface area contributed by atoms with E-state index in [0.717, 1.165) is 36.6 Å². The van der Waals surface area contributed by atoms with Crippen LogP contribution in [0, 0.1) is 6.92 Å². The van der Waals surface area contributed by atoms with Gasteiger partial charge in [0, 0.05) is 31.9 Å². The van der Waals surface area contributed by atoms with Gasteiger partial charge in [-0.3, -0.25) is 4.79 Å². The van der Waals surface area contributed by atoms with Gasteiger partial charge in [0.25, 0.3) is 5.91 Å². The molecule has 2 heterocycles. The standard InChI is InChI=1S/C26H33N5O3S/c1-5-29-13-15-30(16-14-29)35(33,34)23-8-6-7-21(17-23)28-26(32)24-18-27-31(25(24)19(2)3)22-11-9-20(4)10-12-22/h6-12,17-19H,5,13-16H2,1-4H3,(H,28,32). The third kappa shape index (κ3) is 5.32. The van der Waals surface area contributed by atoms with Crippen molar-refractivity contribution in [3.8, 4) is 5.69 Å². The van der Waals surface area contributed by atoms with Gasteiger partial charge < -0.3 is 10.2 Å². The molecule has 0 unspecified atom stereocenters. The minimum atomic E-state index is -3.63. The number of hydrogen-bond acceptors (Lipinski definition) is 5. The molecule has 0 atom stereocenters. The fraction of sp³-hybridized carbons (Fsp3) is 0.385. The molecule has 1 amide bonds. The third-order valence-electron chi connectivity index (χ3n) is 6.38. The quantitative estimate of drug-likeness (QED) is 0.537. The maximum atomic E-state index is 13.2. The summed E-state index contributed by atoms with van der Waals surface area (Å²) in [6.45, 7) is 11.4. The van der Waals surface area contributed by atoms with Crippen molar-refractivity contribution < 1.29 is 13.2 Å². The second kappa shape index (κ2) is 10.3. The molecular formula is C26H33N5O3S. The van der Waals surface area contributed by atoms with Crippen LogP contribution in [0.3, 0.4) is 0 Å². The topological polar surface area (TPSA) is 87.5 Å². The largest absolute Gasteiger partial charge is 0.322 e. The van der Waals surface area contributed by atoms with Gasteiger partial charge in [0.1, 0.15) is 0 Å². The number of likely N-dealkylation sites (N-methyl/N-ethyl adjacent to an activating group) is 1. The van der Waals surface area contributed by atoms with Crippen LogP contribution >= 0.6 is 0 Å². The number of carbonyl (C=O) groups excluding carboxylic acids is 1. The number of nitrogens with zero attached hydrogens (tertiary/aromatic N) is 4. The number of rotatable bonds is 7. The van der Waals surface area contributed by atoms with Crippen LogP contribution in [0.2, 0.25) is 0 Å². The lowest BCUT2D eigenvalue weighted by atomic mass is 10.0. The van der Waals surface area contributed by atoms with Crippen molar-refractivity contribution in [3.05, 3.63) is 71.5 Å². The zero-order valence-corrected chi connectivity index (χ0v) is 21.5. The van der Waals surface area contributed by atoms with Crippen molar-refractivity contribution in [2.75, 3.05) is 38.0 Å². The molecule has 35 heavy (non-hydrogen) atoms. The Kier molecular flexibility index (Phi) is 7.39. The van der Waals surface area contributed by atoms with Crippen LogP contribution in [0.1, 0.15) is 48.3 Å². The van der Waals surface area contributed by atoms with Gasteiger partial charge in [-0.2, -0.15) is 9.40 Å². The Bertz CT molecular complexity index is 1290. The van der Waals surface area contributed by atoms with E-state index >= 15 is 0 Å². The van der Waals surface area contributed by atoms with Gasteiger partial charge in [-0.25, -0.2) is 13.1 Å². The molecule has 3 aromatic rings. The van der Waals surface area contributed by atoms with Crippen LogP contribution in [-0.4, -0.2) is 66.0 Å². The summed E-state index contributed by atoms with van der Waals surface area (Å²) in [4.78, 5) is 15.6. The van der Waals surface area contributed by atoms with E-state index < -0.39 is 10.0 Å². The first-order valence-corrected chi connectivity index (χ1v) is 13.4. The third-order valence-corrected chi connectivity index (χ3v) is 8.28. The van der Waals surface area contributed by atoms with Crippen LogP contribution in [0.5, 0.6) is 0 Å². The molecular weight excluding hydrogens is 462 g/mol. The predicted molar refractivity (Wildman–Crippen MR) is 138 cm³/mol. The molecule has 1 aliphatic heterocycles. The van der Waals surface area contributed by atoms with Gasteiger partial charge in [-0.05, 0) is 49.7 Å². The van der Waals surface area contributed by atoms with Crippen molar-refractivity contribution >= 4 is 21.6 Å². The molecule has 186 valence electrons. The van der Waals surface area contributed by atoms with Crippen LogP contribution < -0.4 is 5.32 Å². The van der Waals surface area contributed by atoms with E-state index in [1.807, 2.05) is 45.0 Å². The van der Waals surface area contributed by atoms with Crippen molar-refractivity contribution in [3.63, 3.8) is 0 Å². The van der Waals surface area contributed by atoms with Crippen LogP contribution in [-0.2, 0) is 10.0 Å². The first kappa shape index (κ1) is 25.1. The summed E-state index contributed by atoms with van der Waals surface area (Å²) in [6, 6.07) is 14.4. The molecule has 4 rings (SSSR count). The fourth-order valence-electron chi connectivity index (χ4n) is 4.35. The summed E-state index contributed by atoms with van der Waals surface area (Å²) in [5.41, 5.74) is 3.72. The van der Waals surface area contributed by atoms with E-state index in [-0.39, 0.29) is 16.7 Å². The van der Waals surface area contributed by atoms with Gasteiger partial charge in [0.15, 0.2) is 0 Å². The van der Waals surface area contributed by atoms with Gasteiger partial charge in [-0.1, -0.05) is 44.5 Å². The molecule has 2 aromatic carbocycles. The van der Waals surface area contributed by atoms with Gasteiger partial charge in [0.05, 0.1) is 28.0 Å². The molecule has 8 nitrogen and oxygen atoms in total. The lowest BCUT2D eigenvalue weighted by Crippen LogP contribution is -2.48. The number of piperazine rings is 1. The monoisotopic (exact) mass is 495 g/mol. The first-order chi connectivity index (χ1) is 16.7. The molecule has 1 aromatic heterocycles. The Labute approximate surface area is 207 Å². The number of anilines is 1. The van der Waals surface area contributed by atoms with Gasteiger partial charge in [0.2, 0.25) is 10.0 Å². The van der Waals surface area contributed by atoms with Crippen molar-refractivity contribution in [2.45, 2.75) is 38.5 Å². The van der Waals surface area contributed by atoms with E-state index in [4.69, 9.17) is 0 Å². The number of hydrogen-bond donors (Lipinski definition) is 1. The Morgan fingerprint density at radius 2 is 1.74 bits per heavy atom. The maximum Gasteiger partial charge on any atom is 0.259 e. The van der Waals surface area contributed by atoms with Crippen LogP contribution in [0.4, 0.5) is 5.69 Å². The zero-order valence-electron chi connectivity index (χ0n) is 20.7. The smallest absolute Gasteiger partial charge is 0.259 e. The molecule has 1 N–H and O–H groups in total. The van der Waals surface area contributed by atoms with Crippen molar-refractivity contribution in [1.29, 1.82) is 0 Å². The molecule has 9 heteroatoms. The molecule has 0 aliphatic carbocycles. The summed E-state index contributed by atoms with van der Waals surface area (Å²) in [5.74, 6) is -0.272. The average Bonchev–Trinajstić information content (AvgIpc) is 3.30. The van der Waals surface area contributed by atoms with Crippen LogP contribution in [0.15, 0.2) is 59.6 Å². The zero-order chi connectivity index (χ0) is 25.2. The molecule has 0 radical (unpaired) electrons. The minimum Gasteiger partial charge on any atom is -0.322 e. The number of nitrogens with one attached hydrogen (secondary N) is 1. The fourth-order valence-corrected chi connectivity index (χ4v) is 5.82. The number of aryl methyl sites for hydroxylation is 1. The molecule has 0 saturated carbocycles. The lowest BCUT2D eigenvalue weighted by Gasteiger charge is -2.33. The molecule has 1 saturated heterocycles. The number of carbonyl (C=O) groups is 1. The van der Waals surface area contributed by atoms with Crippen molar-refractivity contribution in [2.24, 2.45) is 0 Å². The molecule has 1 aliphatic rings. The first-order valence-electron chi connectivity index (χ1n) is 12.0. The van der Waals surface area contributed by atoms with Gasteiger partial charge >= 0.3 is 0 Å². The van der Waals surface area contributed by atoms with Gasteiger partial charge in [-0.15, -0.1) is 0 Å². The molecule has 0 spiro atoms. The number of benzene rings is 2. The summed E-state index contributed by atoms with van der Waals surface area (Å²) in [7, 11) is -3.63. The average molecular weight is 496 g/mol. The maximum absolute atomic E-state index is 13.2. The summed E-state index contributed by atoms with van der Waals surface area (Å²) in [6.07, 6.45) is 1.57. The van der Waals surface area contributed by atoms with E-state index in [9.17, 15) is 13.2 Å². The second-order valence-corrected chi connectivity index (χ2v) is 11.1. The highest BCUT2D eigenvalue weighted by atomic mass is 32.2. The van der Waals surface area contributed by atoms with Crippen LogP contribution in [0.25, 0.3) is 5.69 Å². The Morgan fingerprint density at radius 1 is 1.06 bits per heavy atom. The summed E-state index contributed by atoms with van der Waals surface area (Å²) in [5, 5.41) is 7.36. The molecule has 0 bridgehead atoms. The van der Waals surface area contributed by atoms with Crippen molar-refractivity contribution in [1.82, 2.24) is 19.0 Å². The lowest BCUT2D eigenvalue weighted by molar-refractivity contribution is 0.102. The predicted octanol–water partition coefficient (Wildman–Crippen LogP) is 3.88. The molecule has 1 fully saturated rings. The van der Waals surface area contributed by atoms with E-state index in [2.05, 4.69) is 22.2 Å². The van der Waals surface area contributed by atoms with E-state index in [0.29, 0.717) is 24.3 Å². The number of aromatic nitrogens is 2. The second-order valence-electron chi connectivity index (χ2n) is 9.17. The SMILES string of the molecule is CCN1CCN(S(=O)(=O)c2cccc(NC(=O)c3cnn(-c4ccc(C)cc4)c3C(C)C)c2)CC1.